The van der Waals surface area contributed by atoms with Crippen molar-refractivity contribution in [2.24, 2.45) is 0 Å². The van der Waals surface area contributed by atoms with Crippen molar-refractivity contribution in [1.29, 1.82) is 0 Å². The largest absolute Gasteiger partial charge is 0.445 e. The summed E-state index contributed by atoms with van der Waals surface area (Å²) < 4.78 is 5.27. The first-order valence-corrected chi connectivity index (χ1v) is 6.08. The summed E-state index contributed by atoms with van der Waals surface area (Å²) in [5.41, 5.74) is 8.33. The predicted molar refractivity (Wildman–Crippen MR) is 76.4 cm³/mol. The molecule has 6 heteroatoms. The number of benzene rings is 1. The average molecular weight is 267 g/mol. The van der Waals surface area contributed by atoms with Gasteiger partial charge in [-0.1, -0.05) is 6.07 Å². The maximum absolute atomic E-state index is 5.77. The van der Waals surface area contributed by atoms with E-state index in [2.05, 4.69) is 20.3 Å². The van der Waals surface area contributed by atoms with Gasteiger partial charge in [0.25, 0.3) is 0 Å². The number of anilines is 3. The topological polar surface area (TPSA) is 89.9 Å². The fourth-order valence-electron chi connectivity index (χ4n) is 1.74. The Labute approximate surface area is 115 Å². The zero-order valence-corrected chi connectivity index (χ0v) is 10.9. The van der Waals surface area contributed by atoms with Gasteiger partial charge >= 0.3 is 0 Å². The third-order valence-electron chi connectivity index (χ3n) is 2.81. The Balaban J connectivity index is 1.87. The van der Waals surface area contributed by atoms with Crippen molar-refractivity contribution < 1.29 is 4.42 Å². The smallest absolute Gasteiger partial charge is 0.229 e. The number of aromatic nitrogens is 3. The molecule has 0 aliphatic heterocycles. The first-order valence-electron chi connectivity index (χ1n) is 6.08. The average Bonchev–Trinajstić information content (AvgIpc) is 2.97. The molecule has 2 aromatic heterocycles. The van der Waals surface area contributed by atoms with Gasteiger partial charge in [-0.2, -0.15) is 4.98 Å². The summed E-state index contributed by atoms with van der Waals surface area (Å²) in [6.45, 7) is 1.86. The molecule has 0 amide bonds. The van der Waals surface area contributed by atoms with E-state index < -0.39 is 0 Å². The van der Waals surface area contributed by atoms with Crippen LogP contribution in [-0.4, -0.2) is 15.0 Å². The molecule has 6 nitrogen and oxygen atoms in total. The molecule has 3 rings (SSSR count). The van der Waals surface area contributed by atoms with Crippen molar-refractivity contribution in [3.8, 4) is 11.5 Å². The van der Waals surface area contributed by atoms with Crippen LogP contribution in [0.3, 0.4) is 0 Å². The van der Waals surface area contributed by atoms with Crippen molar-refractivity contribution in [3.63, 3.8) is 0 Å². The molecule has 0 unspecified atom stereocenters. The SMILES string of the molecule is Cc1cnc(Nc2cccc(-c3ncco3)c2)nc1N. The van der Waals surface area contributed by atoms with Crippen LogP contribution in [-0.2, 0) is 0 Å². The van der Waals surface area contributed by atoms with Crippen LogP contribution in [0.2, 0.25) is 0 Å². The molecular weight excluding hydrogens is 254 g/mol. The molecule has 100 valence electrons. The molecular formula is C14H13N5O. The monoisotopic (exact) mass is 267 g/mol. The van der Waals surface area contributed by atoms with Gasteiger partial charge in [-0.25, -0.2) is 9.97 Å². The second-order valence-electron chi connectivity index (χ2n) is 4.30. The van der Waals surface area contributed by atoms with Crippen LogP contribution < -0.4 is 11.1 Å². The van der Waals surface area contributed by atoms with Crippen molar-refractivity contribution in [3.05, 3.63) is 48.5 Å². The van der Waals surface area contributed by atoms with Gasteiger partial charge in [0.15, 0.2) is 0 Å². The number of hydrogen-bond acceptors (Lipinski definition) is 6. The van der Waals surface area contributed by atoms with Gasteiger partial charge < -0.3 is 15.5 Å². The summed E-state index contributed by atoms with van der Waals surface area (Å²) in [6, 6.07) is 7.64. The Morgan fingerprint density at radius 3 is 2.90 bits per heavy atom. The lowest BCUT2D eigenvalue weighted by Crippen LogP contribution is -2.01. The molecule has 0 spiro atoms. The lowest BCUT2D eigenvalue weighted by molar-refractivity contribution is 0.574. The molecule has 0 aliphatic rings. The molecule has 3 N–H and O–H groups in total. The fourth-order valence-corrected chi connectivity index (χ4v) is 1.74. The standard InChI is InChI=1S/C14H13N5O/c1-9-8-17-14(19-12(9)15)18-11-4-2-3-10(7-11)13-16-5-6-20-13/h2-8H,1H3,(H3,15,17,18,19). The Morgan fingerprint density at radius 1 is 1.25 bits per heavy atom. The second-order valence-corrected chi connectivity index (χ2v) is 4.30. The van der Waals surface area contributed by atoms with E-state index in [1.807, 2.05) is 31.2 Å². The first-order chi connectivity index (χ1) is 9.72. The van der Waals surface area contributed by atoms with Gasteiger partial charge in [-0.05, 0) is 25.1 Å². The predicted octanol–water partition coefficient (Wildman–Crippen LogP) is 2.77. The number of nitrogen functional groups attached to an aromatic ring is 1. The molecule has 0 fully saturated rings. The maximum Gasteiger partial charge on any atom is 0.229 e. The normalized spacial score (nSPS) is 10.4. The first kappa shape index (κ1) is 12.2. The summed E-state index contributed by atoms with van der Waals surface area (Å²) in [6.07, 6.45) is 4.83. The molecule has 0 aliphatic carbocycles. The summed E-state index contributed by atoms with van der Waals surface area (Å²) in [5.74, 6) is 1.49. The van der Waals surface area contributed by atoms with E-state index in [1.54, 1.807) is 18.7 Å². The zero-order valence-electron chi connectivity index (χ0n) is 10.9. The Hall–Kier alpha value is -2.89. The highest BCUT2D eigenvalue weighted by molar-refractivity contribution is 5.64. The quantitative estimate of drug-likeness (QED) is 0.758. The molecule has 0 saturated heterocycles. The Bertz CT molecular complexity index is 724. The minimum atomic E-state index is 0.456. The Kier molecular flexibility index (Phi) is 3.04. The van der Waals surface area contributed by atoms with Crippen molar-refractivity contribution in [2.75, 3.05) is 11.1 Å². The van der Waals surface area contributed by atoms with Crippen LogP contribution in [0.4, 0.5) is 17.5 Å². The molecule has 0 saturated carbocycles. The highest BCUT2D eigenvalue weighted by Crippen LogP contribution is 2.22. The summed E-state index contributed by atoms with van der Waals surface area (Å²) in [5, 5.41) is 3.10. The number of nitrogens with two attached hydrogens (primary N) is 1. The molecule has 20 heavy (non-hydrogen) atoms. The van der Waals surface area contributed by atoms with Crippen LogP contribution in [0.25, 0.3) is 11.5 Å². The van der Waals surface area contributed by atoms with Crippen LogP contribution in [0.5, 0.6) is 0 Å². The summed E-state index contributed by atoms with van der Waals surface area (Å²) in [7, 11) is 0. The van der Waals surface area contributed by atoms with E-state index in [9.17, 15) is 0 Å². The van der Waals surface area contributed by atoms with Gasteiger partial charge in [0.1, 0.15) is 12.1 Å². The third-order valence-corrected chi connectivity index (χ3v) is 2.81. The van der Waals surface area contributed by atoms with E-state index in [4.69, 9.17) is 10.2 Å². The van der Waals surface area contributed by atoms with Crippen molar-refractivity contribution >= 4 is 17.5 Å². The Morgan fingerprint density at radius 2 is 2.15 bits per heavy atom. The van der Waals surface area contributed by atoms with Gasteiger partial charge in [0.2, 0.25) is 11.8 Å². The third kappa shape index (κ3) is 2.44. The summed E-state index contributed by atoms with van der Waals surface area (Å²) >= 11 is 0. The highest BCUT2D eigenvalue weighted by atomic mass is 16.3. The van der Waals surface area contributed by atoms with E-state index in [0.717, 1.165) is 16.8 Å². The minimum Gasteiger partial charge on any atom is -0.445 e. The maximum atomic E-state index is 5.77. The fraction of sp³-hybridized carbons (Fsp3) is 0.0714. The summed E-state index contributed by atoms with van der Waals surface area (Å²) in [4.78, 5) is 12.5. The van der Waals surface area contributed by atoms with E-state index in [0.29, 0.717) is 17.7 Å². The number of oxazole rings is 1. The number of nitrogens with zero attached hydrogens (tertiary/aromatic N) is 3. The molecule has 1 aromatic carbocycles. The van der Waals surface area contributed by atoms with Crippen molar-refractivity contribution in [1.82, 2.24) is 15.0 Å². The van der Waals surface area contributed by atoms with Gasteiger partial charge in [-0.3, -0.25) is 0 Å². The highest BCUT2D eigenvalue weighted by Gasteiger charge is 2.05. The zero-order chi connectivity index (χ0) is 13.9. The van der Waals surface area contributed by atoms with Crippen molar-refractivity contribution in [2.45, 2.75) is 6.92 Å². The molecule has 0 bridgehead atoms. The number of rotatable bonds is 3. The minimum absolute atomic E-state index is 0.456. The van der Waals surface area contributed by atoms with Crippen LogP contribution >= 0.6 is 0 Å². The molecule has 3 aromatic rings. The van der Waals surface area contributed by atoms with Crippen LogP contribution in [0.15, 0.2) is 47.3 Å². The number of nitrogens with one attached hydrogen (secondary N) is 1. The van der Waals surface area contributed by atoms with E-state index in [-0.39, 0.29) is 0 Å². The van der Waals surface area contributed by atoms with Gasteiger partial charge in [0.05, 0.1) is 6.20 Å². The van der Waals surface area contributed by atoms with Gasteiger partial charge in [-0.15, -0.1) is 0 Å². The second kappa shape index (κ2) is 5.00. The van der Waals surface area contributed by atoms with E-state index in [1.165, 1.54) is 0 Å². The van der Waals surface area contributed by atoms with E-state index >= 15 is 0 Å². The van der Waals surface area contributed by atoms with Crippen LogP contribution in [0, 0.1) is 6.92 Å². The molecule has 2 heterocycles. The molecule has 0 radical (unpaired) electrons. The van der Waals surface area contributed by atoms with Gasteiger partial charge in [0, 0.05) is 23.0 Å². The molecule has 0 atom stereocenters. The van der Waals surface area contributed by atoms with Crippen LogP contribution in [0.1, 0.15) is 5.56 Å². The number of hydrogen-bond donors (Lipinski definition) is 2. The lowest BCUT2D eigenvalue weighted by Gasteiger charge is -2.07. The number of aryl methyl sites for hydroxylation is 1. The lowest BCUT2D eigenvalue weighted by atomic mass is 10.2.